The average Bonchev–Trinajstić information content (AvgIpc) is 3.20. The number of carbonyl (C=O) groups excluding carboxylic acids is 1. The van der Waals surface area contributed by atoms with Crippen LogP contribution in [0, 0.1) is 0 Å². The zero-order valence-electron chi connectivity index (χ0n) is 13.9. The molecule has 23 heavy (non-hydrogen) atoms. The summed E-state index contributed by atoms with van der Waals surface area (Å²) < 4.78 is 11.4. The fourth-order valence-electron chi connectivity index (χ4n) is 3.31. The maximum absolute atomic E-state index is 11.6. The van der Waals surface area contributed by atoms with E-state index in [1.807, 2.05) is 6.92 Å². The van der Waals surface area contributed by atoms with Gasteiger partial charge in [-0.15, -0.1) is 11.3 Å². The zero-order chi connectivity index (χ0) is 16.2. The average molecular weight is 339 g/mol. The van der Waals surface area contributed by atoms with Gasteiger partial charge in [-0.25, -0.2) is 4.98 Å². The Morgan fingerprint density at radius 3 is 2.91 bits per heavy atom. The van der Waals surface area contributed by atoms with Crippen LogP contribution in [0.3, 0.4) is 0 Å². The molecule has 1 aromatic heterocycles. The highest BCUT2D eigenvalue weighted by molar-refractivity contribution is 7.14. The van der Waals surface area contributed by atoms with E-state index in [4.69, 9.17) is 9.47 Å². The molecule has 0 N–H and O–H groups in total. The molecule has 3 heterocycles. The molecule has 2 aliphatic heterocycles. The number of piperidine rings is 1. The molecule has 6 nitrogen and oxygen atoms in total. The summed E-state index contributed by atoms with van der Waals surface area (Å²) in [4.78, 5) is 20.4. The van der Waals surface area contributed by atoms with Crippen LogP contribution >= 0.6 is 11.3 Å². The highest BCUT2D eigenvalue weighted by Crippen LogP contribution is 2.27. The van der Waals surface area contributed by atoms with E-state index in [0.29, 0.717) is 25.8 Å². The molecule has 0 unspecified atom stereocenters. The van der Waals surface area contributed by atoms with Crippen molar-refractivity contribution in [3.8, 4) is 0 Å². The van der Waals surface area contributed by atoms with Gasteiger partial charge in [-0.2, -0.15) is 0 Å². The summed E-state index contributed by atoms with van der Waals surface area (Å²) in [7, 11) is 0. The molecule has 1 atom stereocenters. The van der Waals surface area contributed by atoms with Gasteiger partial charge in [-0.05, 0) is 26.3 Å². The summed E-state index contributed by atoms with van der Waals surface area (Å²) in [6.45, 7) is 7.43. The monoisotopic (exact) mass is 339 g/mol. The second kappa shape index (κ2) is 7.70. The van der Waals surface area contributed by atoms with Gasteiger partial charge in [0.05, 0.1) is 24.9 Å². The molecular weight excluding hydrogens is 314 g/mol. The quantitative estimate of drug-likeness (QED) is 0.823. The number of hydrogen-bond donors (Lipinski definition) is 0. The number of ether oxygens (including phenoxy) is 2. The van der Waals surface area contributed by atoms with Gasteiger partial charge in [0, 0.05) is 25.4 Å². The number of nitrogens with zero attached hydrogens (tertiary/aromatic N) is 3. The van der Waals surface area contributed by atoms with Crippen molar-refractivity contribution in [1.82, 2.24) is 9.88 Å². The van der Waals surface area contributed by atoms with Gasteiger partial charge in [-0.3, -0.25) is 14.6 Å². The van der Waals surface area contributed by atoms with Crippen LogP contribution in [0.1, 0.15) is 38.8 Å². The Bertz CT molecular complexity index is 530. The molecule has 128 valence electrons. The predicted molar refractivity (Wildman–Crippen MR) is 89.6 cm³/mol. The van der Waals surface area contributed by atoms with Crippen molar-refractivity contribution in [1.29, 1.82) is 0 Å². The van der Waals surface area contributed by atoms with Crippen LogP contribution in [0.4, 0.5) is 5.13 Å². The first-order valence-corrected chi connectivity index (χ1v) is 9.26. The van der Waals surface area contributed by atoms with Crippen LogP contribution in [0.15, 0.2) is 5.38 Å². The predicted octanol–water partition coefficient (Wildman–Crippen LogP) is 2.24. The Balaban J connectivity index is 1.67. The third-order valence-electron chi connectivity index (χ3n) is 4.46. The first-order chi connectivity index (χ1) is 11.2. The van der Waals surface area contributed by atoms with Crippen molar-refractivity contribution >= 4 is 22.4 Å². The minimum atomic E-state index is -0.0993. The van der Waals surface area contributed by atoms with E-state index in [2.05, 4.69) is 15.3 Å². The van der Waals surface area contributed by atoms with Crippen molar-refractivity contribution in [2.24, 2.45) is 0 Å². The molecule has 2 saturated heterocycles. The number of anilines is 1. The lowest BCUT2D eigenvalue weighted by molar-refractivity contribution is -0.116. The maximum Gasteiger partial charge on any atom is 0.225 e. The highest BCUT2D eigenvalue weighted by Gasteiger charge is 2.34. The van der Waals surface area contributed by atoms with Crippen LogP contribution in [-0.4, -0.2) is 54.4 Å². The van der Waals surface area contributed by atoms with Crippen LogP contribution < -0.4 is 4.90 Å². The Morgan fingerprint density at radius 1 is 1.43 bits per heavy atom. The number of amides is 1. The zero-order valence-corrected chi connectivity index (χ0v) is 14.7. The van der Waals surface area contributed by atoms with E-state index >= 15 is 0 Å². The van der Waals surface area contributed by atoms with E-state index in [1.54, 1.807) is 11.8 Å². The number of likely N-dealkylation sites (tertiary alicyclic amines) is 1. The van der Waals surface area contributed by atoms with Crippen molar-refractivity contribution < 1.29 is 14.3 Å². The van der Waals surface area contributed by atoms with Gasteiger partial charge >= 0.3 is 0 Å². The smallest absolute Gasteiger partial charge is 0.225 e. The Kier molecular flexibility index (Phi) is 5.63. The number of carbonyl (C=O) groups is 1. The number of thiazole rings is 1. The first kappa shape index (κ1) is 16.8. The fourth-order valence-corrected chi connectivity index (χ4v) is 4.24. The molecule has 0 bridgehead atoms. The second-order valence-electron chi connectivity index (χ2n) is 6.03. The van der Waals surface area contributed by atoms with Gasteiger partial charge in [0.15, 0.2) is 11.4 Å². The lowest BCUT2D eigenvalue weighted by Gasteiger charge is -2.37. The normalized spacial score (nSPS) is 23.3. The van der Waals surface area contributed by atoms with E-state index < -0.39 is 0 Å². The number of aromatic nitrogens is 1. The highest BCUT2D eigenvalue weighted by atomic mass is 32.1. The Hall–Kier alpha value is -1.02. The first-order valence-electron chi connectivity index (χ1n) is 8.38. The van der Waals surface area contributed by atoms with Gasteiger partial charge < -0.3 is 9.47 Å². The second-order valence-corrected chi connectivity index (χ2v) is 6.86. The SMILES string of the molecule is CCN(C(C)=O)c1nc(CN2CCCC[C@H]2C2OCCO2)cs1. The van der Waals surface area contributed by atoms with Crippen molar-refractivity contribution in [3.05, 3.63) is 11.1 Å². The van der Waals surface area contributed by atoms with E-state index in [1.165, 1.54) is 24.2 Å². The van der Waals surface area contributed by atoms with Crippen molar-refractivity contribution in [2.45, 2.75) is 52.0 Å². The van der Waals surface area contributed by atoms with Crippen molar-refractivity contribution in [3.63, 3.8) is 0 Å². The van der Waals surface area contributed by atoms with Crippen LogP contribution in [0.25, 0.3) is 0 Å². The summed E-state index contributed by atoms with van der Waals surface area (Å²) >= 11 is 1.54. The molecular formula is C16H25N3O3S. The van der Waals surface area contributed by atoms with Gasteiger partial charge in [-0.1, -0.05) is 6.42 Å². The Labute approximate surface area is 141 Å². The maximum atomic E-state index is 11.6. The van der Waals surface area contributed by atoms with E-state index in [9.17, 15) is 4.79 Å². The molecule has 3 rings (SSSR count). The molecule has 7 heteroatoms. The largest absolute Gasteiger partial charge is 0.349 e. The van der Waals surface area contributed by atoms with Gasteiger partial charge in [0.25, 0.3) is 0 Å². The molecule has 2 aliphatic rings. The molecule has 1 amide bonds. The topological polar surface area (TPSA) is 54.9 Å². The van der Waals surface area contributed by atoms with E-state index in [-0.39, 0.29) is 12.2 Å². The molecule has 0 radical (unpaired) electrons. The summed E-state index contributed by atoms with van der Waals surface area (Å²) in [5, 5.41) is 2.85. The minimum Gasteiger partial charge on any atom is -0.349 e. The molecule has 0 aliphatic carbocycles. The number of hydrogen-bond acceptors (Lipinski definition) is 6. The van der Waals surface area contributed by atoms with Gasteiger partial charge in [0.2, 0.25) is 5.91 Å². The van der Waals surface area contributed by atoms with Crippen LogP contribution in [0.5, 0.6) is 0 Å². The molecule has 1 aromatic rings. The van der Waals surface area contributed by atoms with Crippen molar-refractivity contribution in [2.75, 3.05) is 31.2 Å². The summed E-state index contributed by atoms with van der Waals surface area (Å²) in [5.41, 5.74) is 1.02. The summed E-state index contributed by atoms with van der Waals surface area (Å²) in [6.07, 6.45) is 3.43. The Morgan fingerprint density at radius 2 is 2.22 bits per heavy atom. The lowest BCUT2D eigenvalue weighted by atomic mass is 10.0. The molecule has 2 fully saturated rings. The molecule has 0 aromatic carbocycles. The summed E-state index contributed by atoms with van der Waals surface area (Å²) in [5.74, 6) is 0.0389. The van der Waals surface area contributed by atoms with E-state index in [0.717, 1.165) is 30.3 Å². The third-order valence-corrected chi connectivity index (χ3v) is 5.37. The molecule has 0 saturated carbocycles. The van der Waals surface area contributed by atoms with Crippen LogP contribution in [-0.2, 0) is 20.8 Å². The van der Waals surface area contributed by atoms with Crippen LogP contribution in [0.2, 0.25) is 0 Å². The minimum absolute atomic E-state index is 0.0389. The fraction of sp³-hybridized carbons (Fsp3) is 0.750. The third kappa shape index (κ3) is 3.91. The number of rotatable bonds is 5. The standard InChI is InChI=1S/C16H25N3O3S/c1-3-19(12(2)20)16-17-13(11-23-16)10-18-7-5-4-6-14(18)15-21-8-9-22-15/h11,14-15H,3-10H2,1-2H3/t14-/m0/s1. The van der Waals surface area contributed by atoms with Gasteiger partial charge in [0.1, 0.15) is 0 Å². The lowest BCUT2D eigenvalue weighted by Crippen LogP contribution is -2.46. The summed E-state index contributed by atoms with van der Waals surface area (Å²) in [6, 6.07) is 0.312. The molecule has 0 spiro atoms.